The lowest BCUT2D eigenvalue weighted by atomic mass is 9.89. The summed E-state index contributed by atoms with van der Waals surface area (Å²) < 4.78 is 31.0. The SMILES string of the molecule is COc1cc2c(cc1OCCCN(C)C)C(c1cc(F)ccc1OC)NCC2. The molecule has 0 radical (unpaired) electrons. The summed E-state index contributed by atoms with van der Waals surface area (Å²) in [5, 5.41) is 3.49. The second-order valence-corrected chi connectivity index (χ2v) is 7.23. The lowest BCUT2D eigenvalue weighted by Crippen LogP contribution is -2.31. The van der Waals surface area contributed by atoms with Gasteiger partial charge in [-0.2, -0.15) is 0 Å². The minimum Gasteiger partial charge on any atom is -0.496 e. The Morgan fingerprint density at radius 1 is 1.04 bits per heavy atom. The van der Waals surface area contributed by atoms with Crippen molar-refractivity contribution in [2.24, 2.45) is 0 Å². The van der Waals surface area contributed by atoms with Crippen molar-refractivity contribution in [2.75, 3.05) is 48.0 Å². The molecular formula is C22H29FN2O3. The Morgan fingerprint density at radius 2 is 1.82 bits per heavy atom. The molecule has 2 aromatic carbocycles. The van der Waals surface area contributed by atoms with Gasteiger partial charge in [0, 0.05) is 18.7 Å². The average Bonchev–Trinajstić information content (AvgIpc) is 2.69. The maximum atomic E-state index is 14.0. The first-order chi connectivity index (χ1) is 13.5. The van der Waals surface area contributed by atoms with E-state index in [9.17, 15) is 4.39 Å². The maximum absolute atomic E-state index is 14.0. The van der Waals surface area contributed by atoms with Gasteiger partial charge in [-0.25, -0.2) is 4.39 Å². The van der Waals surface area contributed by atoms with E-state index < -0.39 is 0 Å². The Labute approximate surface area is 166 Å². The van der Waals surface area contributed by atoms with Gasteiger partial charge in [-0.05, 0) is 68.4 Å². The summed E-state index contributed by atoms with van der Waals surface area (Å²) in [5.74, 6) is 1.83. The van der Waals surface area contributed by atoms with E-state index in [2.05, 4.69) is 10.2 Å². The predicted octanol–water partition coefficient (Wildman–Crippen LogP) is 3.41. The maximum Gasteiger partial charge on any atom is 0.161 e. The highest BCUT2D eigenvalue weighted by Crippen LogP contribution is 2.40. The lowest BCUT2D eigenvalue weighted by molar-refractivity contribution is 0.267. The quantitative estimate of drug-likeness (QED) is 0.702. The van der Waals surface area contributed by atoms with Crippen LogP contribution in [0.2, 0.25) is 0 Å². The van der Waals surface area contributed by atoms with Crippen molar-refractivity contribution in [3.05, 3.63) is 52.8 Å². The van der Waals surface area contributed by atoms with Gasteiger partial charge in [0.05, 0.1) is 26.9 Å². The molecule has 1 unspecified atom stereocenters. The molecule has 1 aliphatic heterocycles. The van der Waals surface area contributed by atoms with Crippen LogP contribution in [0.4, 0.5) is 4.39 Å². The fourth-order valence-electron chi connectivity index (χ4n) is 3.61. The zero-order valence-electron chi connectivity index (χ0n) is 17.0. The summed E-state index contributed by atoms with van der Waals surface area (Å²) in [6.45, 7) is 2.36. The summed E-state index contributed by atoms with van der Waals surface area (Å²) in [7, 11) is 7.35. The van der Waals surface area contributed by atoms with E-state index in [0.29, 0.717) is 18.1 Å². The fourth-order valence-corrected chi connectivity index (χ4v) is 3.61. The highest BCUT2D eigenvalue weighted by atomic mass is 19.1. The number of methoxy groups -OCH3 is 2. The minimum atomic E-state index is -0.279. The zero-order valence-corrected chi connectivity index (χ0v) is 17.0. The number of ether oxygens (including phenoxy) is 3. The average molecular weight is 388 g/mol. The molecule has 1 N–H and O–H groups in total. The first kappa shape index (κ1) is 20.4. The van der Waals surface area contributed by atoms with Crippen molar-refractivity contribution in [1.29, 1.82) is 0 Å². The van der Waals surface area contributed by atoms with Crippen LogP contribution in [0, 0.1) is 5.82 Å². The first-order valence-electron chi connectivity index (χ1n) is 9.58. The van der Waals surface area contributed by atoms with Gasteiger partial charge in [-0.1, -0.05) is 0 Å². The highest BCUT2D eigenvalue weighted by Gasteiger charge is 2.26. The molecule has 2 aromatic rings. The van der Waals surface area contributed by atoms with Gasteiger partial charge >= 0.3 is 0 Å². The second kappa shape index (κ2) is 9.26. The molecule has 0 fully saturated rings. The number of rotatable bonds is 8. The van der Waals surface area contributed by atoms with Crippen LogP contribution in [-0.2, 0) is 6.42 Å². The summed E-state index contributed by atoms with van der Waals surface area (Å²) >= 11 is 0. The molecule has 0 bridgehead atoms. The van der Waals surface area contributed by atoms with E-state index in [4.69, 9.17) is 14.2 Å². The lowest BCUT2D eigenvalue weighted by Gasteiger charge is -2.29. The number of hydrogen-bond acceptors (Lipinski definition) is 5. The Bertz CT molecular complexity index is 811. The van der Waals surface area contributed by atoms with Crippen LogP contribution >= 0.6 is 0 Å². The minimum absolute atomic E-state index is 0.163. The predicted molar refractivity (Wildman–Crippen MR) is 108 cm³/mol. The Hall–Kier alpha value is -2.31. The number of halogens is 1. The van der Waals surface area contributed by atoms with E-state index in [1.165, 1.54) is 17.7 Å². The third-order valence-electron chi connectivity index (χ3n) is 4.99. The molecule has 5 nitrogen and oxygen atoms in total. The Kier molecular flexibility index (Phi) is 6.75. The van der Waals surface area contributed by atoms with E-state index in [1.807, 2.05) is 26.2 Å². The molecule has 152 valence electrons. The van der Waals surface area contributed by atoms with Crippen molar-refractivity contribution in [1.82, 2.24) is 10.2 Å². The third-order valence-corrected chi connectivity index (χ3v) is 4.99. The largest absolute Gasteiger partial charge is 0.496 e. The molecule has 0 saturated heterocycles. The van der Waals surface area contributed by atoms with E-state index >= 15 is 0 Å². The smallest absolute Gasteiger partial charge is 0.161 e. The van der Waals surface area contributed by atoms with Gasteiger partial charge in [0.1, 0.15) is 11.6 Å². The highest BCUT2D eigenvalue weighted by molar-refractivity contribution is 5.53. The topological polar surface area (TPSA) is 43.0 Å². The molecule has 1 heterocycles. The molecule has 28 heavy (non-hydrogen) atoms. The standard InChI is InChI=1S/C22H29FN2O3/c1-25(2)10-5-11-28-21-14-17-15(12-20(21)27-4)8-9-24-22(17)18-13-16(23)6-7-19(18)26-3/h6-7,12-14,22,24H,5,8-11H2,1-4H3. The monoisotopic (exact) mass is 388 g/mol. The normalized spacial score (nSPS) is 16.0. The molecule has 1 atom stereocenters. The third kappa shape index (κ3) is 4.56. The second-order valence-electron chi connectivity index (χ2n) is 7.23. The molecule has 0 aromatic heterocycles. The van der Waals surface area contributed by atoms with Crippen molar-refractivity contribution >= 4 is 0 Å². The molecule has 0 spiro atoms. The van der Waals surface area contributed by atoms with Gasteiger partial charge in [0.25, 0.3) is 0 Å². The zero-order chi connectivity index (χ0) is 20.1. The fraction of sp³-hybridized carbons (Fsp3) is 0.455. The van der Waals surface area contributed by atoms with E-state index in [1.54, 1.807) is 20.3 Å². The molecule has 0 saturated carbocycles. The molecule has 3 rings (SSSR count). The van der Waals surface area contributed by atoms with Crippen molar-refractivity contribution in [3.63, 3.8) is 0 Å². The Morgan fingerprint density at radius 3 is 2.54 bits per heavy atom. The molecule has 0 amide bonds. The van der Waals surface area contributed by atoms with Crippen molar-refractivity contribution in [3.8, 4) is 17.2 Å². The van der Waals surface area contributed by atoms with E-state index in [0.717, 1.165) is 42.8 Å². The van der Waals surface area contributed by atoms with Gasteiger partial charge < -0.3 is 24.4 Å². The van der Waals surface area contributed by atoms with Crippen LogP contribution in [0.1, 0.15) is 29.2 Å². The van der Waals surface area contributed by atoms with E-state index in [-0.39, 0.29) is 11.9 Å². The van der Waals surface area contributed by atoms with Crippen molar-refractivity contribution < 1.29 is 18.6 Å². The van der Waals surface area contributed by atoms with Crippen LogP contribution in [-0.4, -0.2) is 52.9 Å². The van der Waals surface area contributed by atoms with Gasteiger partial charge in [-0.15, -0.1) is 0 Å². The first-order valence-corrected chi connectivity index (χ1v) is 9.58. The summed E-state index contributed by atoms with van der Waals surface area (Å²) in [6.07, 6.45) is 1.80. The van der Waals surface area contributed by atoms with Gasteiger partial charge in [0.15, 0.2) is 11.5 Å². The number of nitrogens with zero attached hydrogens (tertiary/aromatic N) is 1. The molecule has 6 heteroatoms. The van der Waals surface area contributed by atoms with Gasteiger partial charge in [-0.3, -0.25) is 0 Å². The van der Waals surface area contributed by atoms with Crippen LogP contribution in [0.3, 0.4) is 0 Å². The number of nitrogens with one attached hydrogen (secondary N) is 1. The number of benzene rings is 2. The van der Waals surface area contributed by atoms with Crippen LogP contribution in [0.15, 0.2) is 30.3 Å². The Balaban J connectivity index is 1.93. The molecular weight excluding hydrogens is 359 g/mol. The van der Waals surface area contributed by atoms with Crippen LogP contribution in [0.5, 0.6) is 17.2 Å². The van der Waals surface area contributed by atoms with Crippen molar-refractivity contribution in [2.45, 2.75) is 18.9 Å². The number of fused-ring (bicyclic) bond motifs is 1. The van der Waals surface area contributed by atoms with Crippen LogP contribution in [0.25, 0.3) is 0 Å². The number of hydrogen-bond donors (Lipinski definition) is 1. The summed E-state index contributed by atoms with van der Waals surface area (Å²) in [4.78, 5) is 2.13. The van der Waals surface area contributed by atoms with Crippen LogP contribution < -0.4 is 19.5 Å². The van der Waals surface area contributed by atoms with Gasteiger partial charge in [0.2, 0.25) is 0 Å². The molecule has 1 aliphatic rings. The summed E-state index contributed by atoms with van der Waals surface area (Å²) in [5.41, 5.74) is 3.03. The molecule has 0 aliphatic carbocycles. The summed E-state index contributed by atoms with van der Waals surface area (Å²) in [6, 6.07) is 8.51.